The molecule has 112 valence electrons. The third-order valence-electron chi connectivity index (χ3n) is 3.50. The van der Waals surface area contributed by atoms with Crippen LogP contribution >= 0.6 is 0 Å². The molecule has 21 heavy (non-hydrogen) atoms. The fourth-order valence-electron chi connectivity index (χ4n) is 2.54. The zero-order valence-electron chi connectivity index (χ0n) is 12.7. The van der Waals surface area contributed by atoms with Crippen LogP contribution in [0.3, 0.4) is 0 Å². The van der Waals surface area contributed by atoms with Crippen molar-refractivity contribution in [2.24, 2.45) is 0 Å². The van der Waals surface area contributed by atoms with E-state index in [0.29, 0.717) is 30.2 Å². The number of carbonyl (C=O) groups excluding carboxylic acids is 2. The number of benzene rings is 1. The molecule has 1 amide bonds. The van der Waals surface area contributed by atoms with E-state index >= 15 is 0 Å². The number of amides is 1. The largest absolute Gasteiger partial charge is 0.493 e. The first-order valence-electron chi connectivity index (χ1n) is 6.73. The maximum Gasteiger partial charge on any atom is 0.223 e. The van der Waals surface area contributed by atoms with Gasteiger partial charge in [0, 0.05) is 25.1 Å². The summed E-state index contributed by atoms with van der Waals surface area (Å²) in [7, 11) is 3.14. The van der Waals surface area contributed by atoms with Gasteiger partial charge in [-0.2, -0.15) is 0 Å². The zero-order valence-corrected chi connectivity index (χ0v) is 12.7. The maximum absolute atomic E-state index is 11.8. The van der Waals surface area contributed by atoms with Crippen molar-refractivity contribution in [3.05, 3.63) is 29.3 Å². The van der Waals surface area contributed by atoms with E-state index in [1.54, 1.807) is 19.1 Å². The molecule has 0 radical (unpaired) electrons. The summed E-state index contributed by atoms with van der Waals surface area (Å²) < 4.78 is 10.6. The van der Waals surface area contributed by atoms with Gasteiger partial charge in [0.2, 0.25) is 5.91 Å². The van der Waals surface area contributed by atoms with E-state index in [2.05, 4.69) is 0 Å². The molecule has 0 unspecified atom stereocenters. The first kappa shape index (κ1) is 15.1. The normalized spacial score (nSPS) is 15.6. The van der Waals surface area contributed by atoms with E-state index in [-0.39, 0.29) is 11.7 Å². The molecule has 0 atom stereocenters. The molecule has 1 aliphatic rings. The van der Waals surface area contributed by atoms with E-state index < -0.39 is 0 Å². The summed E-state index contributed by atoms with van der Waals surface area (Å²) in [5.74, 6) is 1.05. The average molecular weight is 289 g/mol. The SMILES string of the molecule is COc1cc2c(cc1OC)/C(=C\C(C)=O)N(C(C)=O)CC2. The number of hydrogen-bond donors (Lipinski definition) is 0. The first-order valence-corrected chi connectivity index (χ1v) is 6.73. The van der Waals surface area contributed by atoms with E-state index in [4.69, 9.17) is 9.47 Å². The lowest BCUT2D eigenvalue weighted by Gasteiger charge is -2.31. The molecule has 2 rings (SSSR count). The summed E-state index contributed by atoms with van der Waals surface area (Å²) in [6, 6.07) is 3.72. The Labute approximate surface area is 124 Å². The molecular weight excluding hydrogens is 270 g/mol. The average Bonchev–Trinajstić information content (AvgIpc) is 2.45. The number of rotatable bonds is 3. The van der Waals surface area contributed by atoms with Crippen molar-refractivity contribution in [3.8, 4) is 11.5 Å². The van der Waals surface area contributed by atoms with Crippen LogP contribution < -0.4 is 9.47 Å². The highest BCUT2D eigenvalue weighted by molar-refractivity contribution is 5.99. The number of nitrogens with zero attached hydrogens (tertiary/aromatic N) is 1. The second kappa shape index (κ2) is 5.99. The van der Waals surface area contributed by atoms with Gasteiger partial charge in [-0.25, -0.2) is 0 Å². The third kappa shape index (κ3) is 2.91. The van der Waals surface area contributed by atoms with Crippen molar-refractivity contribution in [1.29, 1.82) is 0 Å². The predicted octanol–water partition coefficient (Wildman–Crippen LogP) is 2.04. The third-order valence-corrected chi connectivity index (χ3v) is 3.50. The smallest absolute Gasteiger partial charge is 0.223 e. The molecule has 0 spiro atoms. The summed E-state index contributed by atoms with van der Waals surface area (Å²) in [4.78, 5) is 24.9. The summed E-state index contributed by atoms with van der Waals surface area (Å²) in [5.41, 5.74) is 2.50. The van der Waals surface area contributed by atoms with E-state index in [0.717, 1.165) is 11.1 Å². The number of carbonyl (C=O) groups is 2. The molecular formula is C16H19NO4. The van der Waals surface area contributed by atoms with E-state index in [9.17, 15) is 9.59 Å². The van der Waals surface area contributed by atoms with Crippen LogP contribution in [0.1, 0.15) is 25.0 Å². The molecule has 0 N–H and O–H groups in total. The van der Waals surface area contributed by atoms with E-state index in [1.165, 1.54) is 19.9 Å². The van der Waals surface area contributed by atoms with Crippen molar-refractivity contribution in [3.63, 3.8) is 0 Å². The molecule has 0 saturated carbocycles. The zero-order chi connectivity index (χ0) is 15.6. The van der Waals surface area contributed by atoms with Crippen LogP contribution in [0.25, 0.3) is 5.70 Å². The quantitative estimate of drug-likeness (QED) is 0.799. The molecule has 0 aromatic heterocycles. The highest BCUT2D eigenvalue weighted by Crippen LogP contribution is 2.37. The minimum atomic E-state index is -0.0983. The lowest BCUT2D eigenvalue weighted by atomic mass is 9.94. The molecule has 5 nitrogen and oxygen atoms in total. The van der Waals surface area contributed by atoms with Crippen LogP contribution in [0, 0.1) is 0 Å². The molecule has 0 bridgehead atoms. The van der Waals surface area contributed by atoms with Gasteiger partial charge >= 0.3 is 0 Å². The number of methoxy groups -OCH3 is 2. The van der Waals surface area contributed by atoms with Crippen molar-refractivity contribution < 1.29 is 19.1 Å². The van der Waals surface area contributed by atoms with Crippen LogP contribution in [-0.4, -0.2) is 37.4 Å². The van der Waals surface area contributed by atoms with Gasteiger partial charge in [0.1, 0.15) is 0 Å². The first-order chi connectivity index (χ1) is 9.97. The van der Waals surface area contributed by atoms with Gasteiger partial charge in [-0.05, 0) is 31.0 Å². The Hall–Kier alpha value is -2.30. The Morgan fingerprint density at radius 2 is 1.76 bits per heavy atom. The topological polar surface area (TPSA) is 55.8 Å². The second-order valence-corrected chi connectivity index (χ2v) is 4.93. The van der Waals surface area contributed by atoms with Gasteiger partial charge in [-0.3, -0.25) is 9.59 Å². The Balaban J connectivity index is 2.62. The standard InChI is InChI=1S/C16H19NO4/c1-10(18)7-14-13-9-16(21-4)15(20-3)8-12(13)5-6-17(14)11(2)19/h7-9H,5-6H2,1-4H3/b14-7+. The second-order valence-electron chi connectivity index (χ2n) is 4.93. The fourth-order valence-corrected chi connectivity index (χ4v) is 2.54. The van der Waals surface area contributed by atoms with Crippen molar-refractivity contribution in [2.75, 3.05) is 20.8 Å². The van der Waals surface area contributed by atoms with Crippen molar-refractivity contribution in [2.45, 2.75) is 20.3 Å². The van der Waals surface area contributed by atoms with Crippen molar-refractivity contribution >= 4 is 17.4 Å². The molecule has 1 aliphatic heterocycles. The van der Waals surface area contributed by atoms with Crippen molar-refractivity contribution in [1.82, 2.24) is 4.90 Å². The molecule has 5 heteroatoms. The van der Waals surface area contributed by atoms with Crippen LogP contribution in [0.5, 0.6) is 11.5 Å². The number of fused-ring (bicyclic) bond motifs is 1. The lowest BCUT2D eigenvalue weighted by Crippen LogP contribution is -2.33. The Morgan fingerprint density at radius 3 is 2.29 bits per heavy atom. The summed E-state index contributed by atoms with van der Waals surface area (Å²) >= 11 is 0. The molecule has 1 aromatic rings. The number of allylic oxidation sites excluding steroid dienone is 1. The summed E-state index contributed by atoms with van der Waals surface area (Å²) in [5, 5.41) is 0. The Kier molecular flexibility index (Phi) is 4.31. The van der Waals surface area contributed by atoms with Gasteiger partial charge in [0.05, 0.1) is 19.9 Å². The van der Waals surface area contributed by atoms with Gasteiger partial charge in [0.25, 0.3) is 0 Å². The van der Waals surface area contributed by atoms with Crippen LogP contribution in [0.4, 0.5) is 0 Å². The monoisotopic (exact) mass is 289 g/mol. The summed E-state index contributed by atoms with van der Waals surface area (Å²) in [6.07, 6.45) is 2.20. The van der Waals surface area contributed by atoms with Gasteiger partial charge in [-0.1, -0.05) is 0 Å². The fraction of sp³-hybridized carbons (Fsp3) is 0.375. The number of ketones is 1. The van der Waals surface area contributed by atoms with Crippen LogP contribution in [0.2, 0.25) is 0 Å². The van der Waals surface area contributed by atoms with Crippen LogP contribution in [0.15, 0.2) is 18.2 Å². The highest BCUT2D eigenvalue weighted by Gasteiger charge is 2.26. The van der Waals surface area contributed by atoms with Gasteiger partial charge < -0.3 is 14.4 Å². The number of hydrogen-bond acceptors (Lipinski definition) is 4. The molecule has 1 heterocycles. The molecule has 0 fully saturated rings. The predicted molar refractivity (Wildman–Crippen MR) is 79.3 cm³/mol. The van der Waals surface area contributed by atoms with Gasteiger partial charge in [-0.15, -0.1) is 0 Å². The summed E-state index contributed by atoms with van der Waals surface area (Å²) in [6.45, 7) is 3.52. The minimum Gasteiger partial charge on any atom is -0.493 e. The number of ether oxygens (including phenoxy) is 2. The minimum absolute atomic E-state index is 0.0806. The molecule has 0 saturated heterocycles. The Bertz CT molecular complexity index is 619. The molecule has 1 aromatic carbocycles. The van der Waals surface area contributed by atoms with E-state index in [1.807, 2.05) is 12.1 Å². The highest BCUT2D eigenvalue weighted by atomic mass is 16.5. The lowest BCUT2D eigenvalue weighted by molar-refractivity contribution is -0.125. The van der Waals surface area contributed by atoms with Crippen LogP contribution in [-0.2, 0) is 16.0 Å². The van der Waals surface area contributed by atoms with Gasteiger partial charge in [0.15, 0.2) is 17.3 Å². The maximum atomic E-state index is 11.8. The Morgan fingerprint density at radius 1 is 1.14 bits per heavy atom. The molecule has 0 aliphatic carbocycles.